The Morgan fingerprint density at radius 3 is 2.50 bits per heavy atom. The van der Waals surface area contributed by atoms with Gasteiger partial charge in [0.1, 0.15) is 5.82 Å². The first-order valence-corrected chi connectivity index (χ1v) is 6.14. The predicted molar refractivity (Wildman–Crippen MR) is 69.4 cm³/mol. The van der Waals surface area contributed by atoms with Crippen LogP contribution in [0.3, 0.4) is 0 Å². The largest absolute Gasteiger partial charge is 0.355 e. The third-order valence-electron chi connectivity index (χ3n) is 4.14. The van der Waals surface area contributed by atoms with Crippen LogP contribution >= 0.6 is 0 Å². The molecule has 0 unspecified atom stereocenters. The number of rotatable bonds is 4. The highest BCUT2D eigenvalue weighted by Gasteiger charge is 2.53. The molecule has 0 bridgehead atoms. The summed E-state index contributed by atoms with van der Waals surface area (Å²) >= 11 is 0. The first-order valence-electron chi connectivity index (χ1n) is 6.14. The quantitative estimate of drug-likeness (QED) is 0.523. The number of hydrogen-bond donors (Lipinski definition) is 0. The molecule has 0 amide bonds. The highest BCUT2D eigenvalue weighted by atomic mass is 15.3. The van der Waals surface area contributed by atoms with Gasteiger partial charge in [0.2, 0.25) is 0 Å². The third-order valence-corrected chi connectivity index (χ3v) is 4.14. The van der Waals surface area contributed by atoms with Crippen molar-refractivity contribution in [3.63, 3.8) is 0 Å². The van der Waals surface area contributed by atoms with Gasteiger partial charge in [-0.05, 0) is 37.5 Å². The van der Waals surface area contributed by atoms with Gasteiger partial charge in [-0.3, -0.25) is 0 Å². The fourth-order valence-electron chi connectivity index (χ4n) is 3.07. The standard InChI is InChI=1S/C14H22N2/c1-5-6-13(15-4)16-9-14(10-16)7-12(8-14)11(2)3/h5-6,11-12H,1,4,7-10H2,2-3H3/b13-6+. The number of likely N-dealkylation sites (tertiary alicyclic amines) is 1. The van der Waals surface area contributed by atoms with E-state index in [9.17, 15) is 0 Å². The number of nitrogens with zero attached hydrogens (tertiary/aromatic N) is 2. The van der Waals surface area contributed by atoms with Gasteiger partial charge in [-0.2, -0.15) is 0 Å². The maximum atomic E-state index is 4.04. The van der Waals surface area contributed by atoms with Gasteiger partial charge in [0.25, 0.3) is 0 Å². The summed E-state index contributed by atoms with van der Waals surface area (Å²) in [5, 5.41) is 0. The van der Waals surface area contributed by atoms with E-state index < -0.39 is 0 Å². The van der Waals surface area contributed by atoms with Crippen molar-refractivity contribution in [2.75, 3.05) is 13.1 Å². The highest BCUT2D eigenvalue weighted by Crippen LogP contribution is 2.55. The van der Waals surface area contributed by atoms with Crippen molar-refractivity contribution in [3.05, 3.63) is 24.6 Å². The predicted octanol–water partition coefficient (Wildman–Crippen LogP) is 3.08. The van der Waals surface area contributed by atoms with E-state index >= 15 is 0 Å². The van der Waals surface area contributed by atoms with Crippen LogP contribution in [-0.4, -0.2) is 24.7 Å². The molecule has 1 aliphatic carbocycles. The Morgan fingerprint density at radius 2 is 2.06 bits per heavy atom. The van der Waals surface area contributed by atoms with Crippen molar-refractivity contribution in [2.45, 2.75) is 26.7 Å². The third kappa shape index (κ3) is 1.81. The summed E-state index contributed by atoms with van der Waals surface area (Å²) in [6.07, 6.45) is 6.53. The minimum absolute atomic E-state index is 0.611. The molecule has 16 heavy (non-hydrogen) atoms. The monoisotopic (exact) mass is 218 g/mol. The second kappa shape index (κ2) is 4.08. The van der Waals surface area contributed by atoms with Crippen LogP contribution in [0.5, 0.6) is 0 Å². The molecule has 0 aromatic carbocycles. The van der Waals surface area contributed by atoms with Crippen LogP contribution in [-0.2, 0) is 0 Å². The minimum atomic E-state index is 0.611. The van der Waals surface area contributed by atoms with Gasteiger partial charge in [-0.25, -0.2) is 4.99 Å². The average molecular weight is 218 g/mol. The molecule has 1 spiro atoms. The lowest BCUT2D eigenvalue weighted by molar-refractivity contribution is -0.0904. The van der Waals surface area contributed by atoms with Crippen molar-refractivity contribution >= 4 is 6.72 Å². The Balaban J connectivity index is 1.85. The summed E-state index contributed by atoms with van der Waals surface area (Å²) in [7, 11) is 0. The molecule has 88 valence electrons. The van der Waals surface area contributed by atoms with Crippen LogP contribution in [0.4, 0.5) is 0 Å². The molecule has 0 N–H and O–H groups in total. The zero-order valence-corrected chi connectivity index (χ0v) is 10.4. The van der Waals surface area contributed by atoms with Crippen molar-refractivity contribution in [2.24, 2.45) is 22.2 Å². The van der Waals surface area contributed by atoms with E-state index in [1.54, 1.807) is 6.08 Å². The highest BCUT2D eigenvalue weighted by molar-refractivity contribution is 5.30. The molecule has 1 saturated heterocycles. The summed E-state index contributed by atoms with van der Waals surface area (Å²) in [6.45, 7) is 14.3. The molecule has 2 heteroatoms. The molecule has 0 aromatic rings. The lowest BCUT2D eigenvalue weighted by atomic mass is 9.55. The summed E-state index contributed by atoms with van der Waals surface area (Å²) < 4.78 is 0. The smallest absolute Gasteiger partial charge is 0.127 e. The van der Waals surface area contributed by atoms with Crippen LogP contribution in [0.15, 0.2) is 29.5 Å². The van der Waals surface area contributed by atoms with Gasteiger partial charge < -0.3 is 4.90 Å². The summed E-state index contributed by atoms with van der Waals surface area (Å²) in [4.78, 5) is 6.35. The van der Waals surface area contributed by atoms with Crippen LogP contribution in [0.25, 0.3) is 0 Å². The Morgan fingerprint density at radius 1 is 1.44 bits per heavy atom. The van der Waals surface area contributed by atoms with Crippen molar-refractivity contribution in [3.8, 4) is 0 Å². The minimum Gasteiger partial charge on any atom is -0.355 e. The molecule has 0 aromatic heterocycles. The van der Waals surface area contributed by atoms with Crippen molar-refractivity contribution < 1.29 is 0 Å². The van der Waals surface area contributed by atoms with Gasteiger partial charge in [-0.1, -0.05) is 26.5 Å². The fourth-order valence-corrected chi connectivity index (χ4v) is 3.07. The SMILES string of the molecule is C=C/C=C(\N=C)N1CC2(CC(C(C)C)C2)C1. The first kappa shape index (κ1) is 11.4. The van der Waals surface area contributed by atoms with Gasteiger partial charge >= 0.3 is 0 Å². The van der Waals surface area contributed by atoms with Crippen molar-refractivity contribution in [1.82, 2.24) is 4.90 Å². The van der Waals surface area contributed by atoms with Gasteiger partial charge in [0, 0.05) is 18.5 Å². The van der Waals surface area contributed by atoms with E-state index in [4.69, 9.17) is 0 Å². The first-order chi connectivity index (χ1) is 7.60. The molecule has 1 heterocycles. The van der Waals surface area contributed by atoms with Crippen molar-refractivity contribution in [1.29, 1.82) is 0 Å². The molecule has 2 aliphatic rings. The summed E-state index contributed by atoms with van der Waals surface area (Å²) in [5.74, 6) is 2.78. The topological polar surface area (TPSA) is 15.6 Å². The van der Waals surface area contributed by atoms with E-state index in [0.717, 1.165) is 30.7 Å². The maximum Gasteiger partial charge on any atom is 0.127 e. The van der Waals surface area contributed by atoms with E-state index in [0.29, 0.717) is 5.41 Å². The van der Waals surface area contributed by atoms with Crippen LogP contribution in [0, 0.1) is 17.3 Å². The fraction of sp³-hybridized carbons (Fsp3) is 0.643. The van der Waals surface area contributed by atoms with Gasteiger partial charge in [0.05, 0.1) is 0 Å². The molecular formula is C14H22N2. The molecular weight excluding hydrogens is 196 g/mol. The molecule has 0 radical (unpaired) electrons. The van der Waals surface area contributed by atoms with Gasteiger partial charge in [0.15, 0.2) is 0 Å². The maximum absolute atomic E-state index is 4.04. The lowest BCUT2D eigenvalue weighted by Crippen LogP contribution is -2.62. The van der Waals surface area contributed by atoms with E-state index in [1.165, 1.54) is 12.8 Å². The second-order valence-electron chi connectivity index (χ2n) is 5.69. The molecule has 0 atom stereocenters. The summed E-state index contributed by atoms with van der Waals surface area (Å²) in [5.41, 5.74) is 0.611. The molecule has 2 nitrogen and oxygen atoms in total. The molecule has 2 rings (SSSR count). The zero-order valence-electron chi connectivity index (χ0n) is 10.4. The molecule has 1 saturated carbocycles. The van der Waals surface area contributed by atoms with E-state index in [-0.39, 0.29) is 0 Å². The van der Waals surface area contributed by atoms with Crippen LogP contribution < -0.4 is 0 Å². The average Bonchev–Trinajstić information content (AvgIpc) is 2.11. The Kier molecular flexibility index (Phi) is 2.92. The molecule has 2 fully saturated rings. The number of allylic oxidation sites excluding steroid dienone is 2. The van der Waals surface area contributed by atoms with Crippen LogP contribution in [0.1, 0.15) is 26.7 Å². The van der Waals surface area contributed by atoms with Gasteiger partial charge in [-0.15, -0.1) is 0 Å². The second-order valence-corrected chi connectivity index (χ2v) is 5.69. The zero-order chi connectivity index (χ0) is 11.8. The Labute approximate surface area is 98.7 Å². The Hall–Kier alpha value is -1.05. The van der Waals surface area contributed by atoms with E-state index in [2.05, 4.69) is 37.0 Å². The number of aliphatic imine (C=N–C) groups is 1. The lowest BCUT2D eigenvalue weighted by Gasteiger charge is -2.60. The summed E-state index contributed by atoms with van der Waals surface area (Å²) in [6, 6.07) is 0. The Bertz CT molecular complexity index is 314. The number of hydrogen-bond acceptors (Lipinski definition) is 2. The molecule has 1 aliphatic heterocycles. The normalized spacial score (nSPS) is 24.2. The van der Waals surface area contributed by atoms with Crippen LogP contribution in [0.2, 0.25) is 0 Å². The van der Waals surface area contributed by atoms with E-state index in [1.807, 2.05) is 6.08 Å².